The number of ether oxygens (including phenoxy) is 3. The zero-order valence-electron chi connectivity index (χ0n) is 19.7. The van der Waals surface area contributed by atoms with E-state index < -0.39 is 5.82 Å². The van der Waals surface area contributed by atoms with E-state index in [-0.39, 0.29) is 29.4 Å². The Bertz CT molecular complexity index is 1290. The SMILES string of the molecule is COc1cc2ncnc(Nc3ccc(F)c(Cl)c3)c2cc1CC(=O)/C=C/CN1C[C@@H]2OCCO[C@H]2C1. The Kier molecular flexibility index (Phi) is 7.43. The van der Waals surface area contributed by atoms with Crippen molar-refractivity contribution in [1.29, 1.82) is 0 Å². The smallest absolute Gasteiger partial charge is 0.159 e. The summed E-state index contributed by atoms with van der Waals surface area (Å²) in [5.41, 5.74) is 1.93. The van der Waals surface area contributed by atoms with Gasteiger partial charge >= 0.3 is 0 Å². The highest BCUT2D eigenvalue weighted by atomic mass is 35.5. The molecule has 1 N–H and O–H groups in total. The van der Waals surface area contributed by atoms with Gasteiger partial charge in [0.2, 0.25) is 0 Å². The average Bonchev–Trinajstić information content (AvgIpc) is 3.29. The van der Waals surface area contributed by atoms with E-state index in [0.29, 0.717) is 53.5 Å². The maximum absolute atomic E-state index is 13.5. The summed E-state index contributed by atoms with van der Waals surface area (Å²) < 4.78 is 30.6. The molecular weight excluding hydrogens is 487 g/mol. The van der Waals surface area contributed by atoms with E-state index in [2.05, 4.69) is 20.2 Å². The molecule has 10 heteroatoms. The zero-order valence-corrected chi connectivity index (χ0v) is 20.5. The van der Waals surface area contributed by atoms with Crippen LogP contribution in [0.1, 0.15) is 5.56 Å². The summed E-state index contributed by atoms with van der Waals surface area (Å²) in [7, 11) is 1.56. The lowest BCUT2D eigenvalue weighted by Crippen LogP contribution is -2.36. The molecule has 0 spiro atoms. The fraction of sp³-hybridized carbons (Fsp3) is 0.346. The Labute approximate surface area is 213 Å². The molecule has 0 unspecified atom stereocenters. The Morgan fingerprint density at radius 2 is 2.00 bits per heavy atom. The summed E-state index contributed by atoms with van der Waals surface area (Å²) >= 11 is 5.91. The quantitative estimate of drug-likeness (QED) is 0.454. The number of fused-ring (bicyclic) bond motifs is 2. The zero-order chi connectivity index (χ0) is 25.1. The number of nitrogens with zero attached hydrogens (tertiary/aromatic N) is 3. The Morgan fingerprint density at radius 1 is 1.22 bits per heavy atom. The normalized spacial score (nSPS) is 20.1. The monoisotopic (exact) mass is 512 g/mol. The van der Waals surface area contributed by atoms with Gasteiger partial charge in [0.25, 0.3) is 0 Å². The van der Waals surface area contributed by atoms with E-state index in [0.717, 1.165) is 13.1 Å². The van der Waals surface area contributed by atoms with Crippen molar-refractivity contribution in [3.63, 3.8) is 0 Å². The molecule has 1 aromatic heterocycles. The van der Waals surface area contributed by atoms with E-state index in [4.69, 9.17) is 25.8 Å². The van der Waals surface area contributed by atoms with Crippen LogP contribution in [0.3, 0.4) is 0 Å². The number of hydrogen-bond acceptors (Lipinski definition) is 8. The third kappa shape index (κ3) is 5.49. The molecule has 0 bridgehead atoms. The third-order valence-electron chi connectivity index (χ3n) is 6.29. The van der Waals surface area contributed by atoms with Gasteiger partial charge < -0.3 is 19.5 Å². The van der Waals surface area contributed by atoms with Gasteiger partial charge in [0, 0.05) is 48.8 Å². The molecule has 0 amide bonds. The minimum absolute atomic E-state index is 0.00542. The molecule has 2 saturated heterocycles. The van der Waals surface area contributed by atoms with Crippen molar-refractivity contribution in [1.82, 2.24) is 14.9 Å². The molecule has 2 aliphatic rings. The number of benzene rings is 2. The van der Waals surface area contributed by atoms with Crippen molar-refractivity contribution >= 4 is 39.8 Å². The maximum atomic E-state index is 13.5. The van der Waals surface area contributed by atoms with Gasteiger partial charge in [-0.15, -0.1) is 0 Å². The number of ketones is 1. The summed E-state index contributed by atoms with van der Waals surface area (Å²) in [6, 6.07) is 7.95. The molecule has 188 valence electrons. The number of allylic oxidation sites excluding steroid dienone is 1. The second-order valence-electron chi connectivity index (χ2n) is 8.74. The maximum Gasteiger partial charge on any atom is 0.159 e. The Morgan fingerprint density at radius 3 is 2.72 bits per heavy atom. The van der Waals surface area contributed by atoms with Crippen LogP contribution in [0.2, 0.25) is 5.02 Å². The summed E-state index contributed by atoms with van der Waals surface area (Å²) in [4.78, 5) is 23.7. The molecule has 2 aliphatic heterocycles. The van der Waals surface area contributed by atoms with Crippen molar-refractivity contribution in [2.24, 2.45) is 0 Å². The molecule has 2 atom stereocenters. The highest BCUT2D eigenvalue weighted by Gasteiger charge is 2.35. The van der Waals surface area contributed by atoms with Crippen molar-refractivity contribution < 1.29 is 23.4 Å². The van der Waals surface area contributed by atoms with Crippen LogP contribution < -0.4 is 10.1 Å². The number of halogens is 2. The van der Waals surface area contributed by atoms with Crippen LogP contribution in [0.4, 0.5) is 15.9 Å². The summed E-state index contributed by atoms with van der Waals surface area (Å²) in [5.74, 6) is 0.526. The lowest BCUT2D eigenvalue weighted by Gasteiger charge is -2.24. The first-order chi connectivity index (χ1) is 17.5. The van der Waals surface area contributed by atoms with Crippen LogP contribution in [0.15, 0.2) is 48.8 Å². The summed E-state index contributed by atoms with van der Waals surface area (Å²) in [6.07, 6.45) is 5.29. The molecule has 5 rings (SSSR count). The van der Waals surface area contributed by atoms with E-state index in [1.807, 2.05) is 12.1 Å². The van der Waals surface area contributed by atoms with E-state index in [9.17, 15) is 9.18 Å². The molecule has 0 aliphatic carbocycles. The van der Waals surface area contributed by atoms with Crippen molar-refractivity contribution in [3.8, 4) is 5.75 Å². The van der Waals surface area contributed by atoms with Gasteiger partial charge in [-0.3, -0.25) is 9.69 Å². The van der Waals surface area contributed by atoms with Crippen LogP contribution in [0, 0.1) is 5.82 Å². The Balaban J connectivity index is 1.30. The van der Waals surface area contributed by atoms with E-state index >= 15 is 0 Å². The number of anilines is 2. The predicted octanol–water partition coefficient (Wildman–Crippen LogP) is 3.94. The molecule has 8 nitrogen and oxygen atoms in total. The minimum atomic E-state index is -0.502. The van der Waals surface area contributed by atoms with E-state index in [1.54, 1.807) is 25.3 Å². The van der Waals surface area contributed by atoms with Crippen LogP contribution in [-0.4, -0.2) is 72.8 Å². The number of nitrogens with one attached hydrogen (secondary N) is 1. The van der Waals surface area contributed by atoms with Gasteiger partial charge in [-0.1, -0.05) is 17.7 Å². The van der Waals surface area contributed by atoms with Crippen molar-refractivity contribution in [2.75, 3.05) is 45.3 Å². The van der Waals surface area contributed by atoms with Gasteiger partial charge in [0.15, 0.2) is 5.78 Å². The standard InChI is InChI=1S/C26H26ClFN4O4/c1-34-23-12-22-19(26(30-15-29-22)31-17-4-5-21(28)20(27)11-17)10-16(23)9-18(33)3-2-6-32-13-24-25(14-32)36-8-7-35-24/h2-5,10-12,15,24-25H,6-9,13-14H2,1H3,(H,29,30,31)/b3-2+/t24-,25-/m0/s1. The Hall–Kier alpha value is -3.11. The number of methoxy groups -OCH3 is 1. The predicted molar refractivity (Wildman–Crippen MR) is 135 cm³/mol. The minimum Gasteiger partial charge on any atom is -0.496 e. The molecule has 0 saturated carbocycles. The largest absolute Gasteiger partial charge is 0.496 e. The van der Waals surface area contributed by atoms with Gasteiger partial charge in [0.05, 0.1) is 43.1 Å². The number of aromatic nitrogens is 2. The van der Waals surface area contributed by atoms with Gasteiger partial charge in [0.1, 0.15) is 23.7 Å². The summed E-state index contributed by atoms with van der Waals surface area (Å²) in [5, 5.41) is 3.86. The molecule has 3 heterocycles. The number of carbonyl (C=O) groups excluding carboxylic acids is 1. The number of hydrogen-bond donors (Lipinski definition) is 1. The molecule has 0 radical (unpaired) electrons. The first kappa shape index (κ1) is 24.6. The number of rotatable bonds is 8. The number of carbonyl (C=O) groups is 1. The highest BCUT2D eigenvalue weighted by Crippen LogP contribution is 2.31. The lowest BCUT2D eigenvalue weighted by molar-refractivity contribution is -0.116. The topological polar surface area (TPSA) is 85.8 Å². The highest BCUT2D eigenvalue weighted by molar-refractivity contribution is 6.31. The fourth-order valence-electron chi connectivity index (χ4n) is 4.53. The first-order valence-electron chi connectivity index (χ1n) is 11.7. The third-order valence-corrected chi connectivity index (χ3v) is 6.58. The van der Waals surface area contributed by atoms with Gasteiger partial charge in [-0.25, -0.2) is 14.4 Å². The lowest BCUT2D eigenvalue weighted by atomic mass is 10.0. The van der Waals surface area contributed by atoms with Crippen LogP contribution in [0.5, 0.6) is 5.75 Å². The molecule has 2 aromatic carbocycles. The van der Waals surface area contributed by atoms with Crippen LogP contribution >= 0.6 is 11.6 Å². The van der Waals surface area contributed by atoms with Gasteiger partial charge in [-0.2, -0.15) is 0 Å². The van der Waals surface area contributed by atoms with Crippen LogP contribution in [-0.2, 0) is 20.7 Å². The van der Waals surface area contributed by atoms with Crippen LogP contribution in [0.25, 0.3) is 10.9 Å². The van der Waals surface area contributed by atoms with E-state index in [1.165, 1.54) is 18.5 Å². The first-order valence-corrected chi connectivity index (χ1v) is 12.1. The van der Waals surface area contributed by atoms with Gasteiger partial charge in [-0.05, 0) is 30.3 Å². The second-order valence-corrected chi connectivity index (χ2v) is 9.15. The summed E-state index contributed by atoms with van der Waals surface area (Å²) in [6.45, 7) is 3.53. The van der Waals surface area contributed by atoms with Crippen molar-refractivity contribution in [3.05, 3.63) is 65.2 Å². The molecule has 3 aromatic rings. The van der Waals surface area contributed by atoms with Crippen molar-refractivity contribution in [2.45, 2.75) is 18.6 Å². The number of likely N-dealkylation sites (tertiary alicyclic amines) is 1. The molecular formula is C26H26ClFN4O4. The average molecular weight is 513 g/mol. The molecule has 36 heavy (non-hydrogen) atoms. The fourth-order valence-corrected chi connectivity index (χ4v) is 4.71. The second kappa shape index (κ2) is 10.9. The molecule has 2 fully saturated rings.